The predicted molar refractivity (Wildman–Crippen MR) is 483 cm³/mol. The lowest BCUT2D eigenvalue weighted by Gasteiger charge is -2.15. The third kappa shape index (κ3) is 22.1. The largest absolute Gasteiger partial charge is 0.497 e. The second-order valence-electron chi connectivity index (χ2n) is 30.6. The van der Waals surface area contributed by atoms with Gasteiger partial charge in [0.25, 0.3) is 0 Å². The van der Waals surface area contributed by atoms with Gasteiger partial charge in [-0.1, -0.05) is 229 Å². The first kappa shape index (κ1) is 85.7. The number of carboxylic acid groups (broad SMARTS) is 3. The molecule has 0 aromatic heterocycles. The summed E-state index contributed by atoms with van der Waals surface area (Å²) in [5, 5.41) is 65.2. The highest BCUT2D eigenvalue weighted by atomic mass is 16.5. The zero-order chi connectivity index (χ0) is 83.5. The van der Waals surface area contributed by atoms with Gasteiger partial charge in [0.15, 0.2) is 0 Å². The van der Waals surface area contributed by atoms with Crippen molar-refractivity contribution in [2.75, 3.05) is 7.11 Å². The minimum Gasteiger partial charge on any atom is -0.497 e. The van der Waals surface area contributed by atoms with E-state index < -0.39 is 17.9 Å². The molecule has 0 saturated heterocycles. The van der Waals surface area contributed by atoms with Crippen molar-refractivity contribution in [3.63, 3.8) is 0 Å². The quantitative estimate of drug-likeness (QED) is 0.0338. The van der Waals surface area contributed by atoms with Crippen molar-refractivity contribution in [3.05, 3.63) is 427 Å². The number of methoxy groups -OCH3 is 1. The van der Waals surface area contributed by atoms with E-state index >= 15 is 0 Å². The van der Waals surface area contributed by atoms with Crippen molar-refractivity contribution in [2.24, 2.45) is 0 Å². The van der Waals surface area contributed by atoms with E-state index in [-0.39, 0.29) is 50.5 Å². The van der Waals surface area contributed by atoms with Crippen molar-refractivity contribution >= 4 is 52.9 Å². The van der Waals surface area contributed by atoms with Crippen LogP contribution < -0.4 is 4.74 Å². The molecule has 4 aliphatic rings. The summed E-state index contributed by atoms with van der Waals surface area (Å²) >= 11 is 0. The highest BCUT2D eigenvalue weighted by Crippen LogP contribution is 2.41. The SMILES string of the molecule is C.COc1cc(CO)cc(CC2=CCc3cccc(/C=C/c4ccc(C)cc4)c32)c1.Cc1cc(/C=C2\CCc3cccc(C#Cc4ccc(C(=O)O)cc4)c32)cc(CO)c1.Cc1cc(CO)cc(CC2=CCc3cccc(C#Cc4ccc(C(=O)O)cc4)c32)c1.Cc1cc(CO)cc(CC2CCc3cccc(C#Cc4ccc(C(=O)O)cc4)c32)c1. The van der Waals surface area contributed by atoms with E-state index in [1.165, 1.54) is 94.6 Å². The summed E-state index contributed by atoms with van der Waals surface area (Å²) in [4.78, 5) is 33.0. The molecule has 0 amide bonds. The second-order valence-corrected chi connectivity index (χ2v) is 30.6. The number of carboxylic acids is 3. The van der Waals surface area contributed by atoms with Gasteiger partial charge in [-0.25, -0.2) is 14.4 Å². The third-order valence-corrected chi connectivity index (χ3v) is 21.7. The number of hydrogen-bond donors (Lipinski definition) is 7. The fourth-order valence-electron chi connectivity index (χ4n) is 16.2. The fourth-order valence-corrected chi connectivity index (χ4v) is 16.2. The lowest BCUT2D eigenvalue weighted by Crippen LogP contribution is -2.02. The number of hydrogen-bond acceptors (Lipinski definition) is 8. The van der Waals surface area contributed by atoms with E-state index in [0.29, 0.717) is 5.92 Å². The van der Waals surface area contributed by atoms with Crippen LogP contribution in [-0.2, 0) is 71.4 Å². The van der Waals surface area contributed by atoms with Crippen LogP contribution in [0.5, 0.6) is 5.75 Å². The Labute approximate surface area is 704 Å². The van der Waals surface area contributed by atoms with Crippen molar-refractivity contribution < 1.29 is 54.9 Å². The number of aliphatic hydroxyl groups is 4. The van der Waals surface area contributed by atoms with Crippen molar-refractivity contribution in [2.45, 2.75) is 125 Å². The highest BCUT2D eigenvalue weighted by molar-refractivity contribution is 5.91. The second kappa shape index (κ2) is 40.5. The van der Waals surface area contributed by atoms with Gasteiger partial charge in [-0.3, -0.25) is 0 Å². The number of allylic oxidation sites excluding steroid dienone is 5. The van der Waals surface area contributed by atoms with Crippen LogP contribution in [0.15, 0.2) is 255 Å². The lowest BCUT2D eigenvalue weighted by molar-refractivity contribution is 0.0686. The first-order valence-electron chi connectivity index (χ1n) is 40.0. The predicted octanol–water partition coefficient (Wildman–Crippen LogP) is 21.2. The van der Waals surface area contributed by atoms with Gasteiger partial charge in [0.1, 0.15) is 5.75 Å². The van der Waals surface area contributed by atoms with Crippen molar-refractivity contribution in [1.82, 2.24) is 0 Å². The summed E-state index contributed by atoms with van der Waals surface area (Å²) in [5.74, 6) is 17.8. The first-order chi connectivity index (χ1) is 57.7. The van der Waals surface area contributed by atoms with Gasteiger partial charge in [0, 0.05) is 33.4 Å². The molecule has 0 heterocycles. The zero-order valence-corrected chi connectivity index (χ0v) is 67.5. The number of aliphatic hydroxyl groups excluding tert-OH is 4. The number of rotatable bonds is 17. The van der Waals surface area contributed by atoms with Crippen LogP contribution in [0.1, 0.15) is 213 Å². The minimum absolute atomic E-state index is 0. The molecule has 16 rings (SSSR count). The molecule has 11 heteroatoms. The van der Waals surface area contributed by atoms with Crippen LogP contribution in [-0.4, -0.2) is 60.8 Å². The average molecular weight is 1580 g/mol. The zero-order valence-electron chi connectivity index (χ0n) is 67.5. The number of carbonyl (C=O) groups is 3. The summed E-state index contributed by atoms with van der Waals surface area (Å²) in [6.45, 7) is 8.42. The van der Waals surface area contributed by atoms with Gasteiger partial charge in [-0.05, 0) is 317 Å². The molecular formula is C109H98O11. The Morgan fingerprint density at radius 1 is 0.392 bits per heavy atom. The van der Waals surface area contributed by atoms with Crippen molar-refractivity contribution in [3.8, 4) is 41.3 Å². The number of benzene rings is 12. The number of ether oxygens (including phenoxy) is 1. The summed E-state index contributed by atoms with van der Waals surface area (Å²) in [6.07, 6.45) is 19.7. The maximum Gasteiger partial charge on any atom is 0.335 e. The van der Waals surface area contributed by atoms with Gasteiger partial charge in [0.2, 0.25) is 0 Å². The molecule has 7 N–H and O–H groups in total. The molecule has 0 saturated carbocycles. The van der Waals surface area contributed by atoms with E-state index in [2.05, 4.69) is 195 Å². The van der Waals surface area contributed by atoms with Crippen molar-refractivity contribution in [1.29, 1.82) is 0 Å². The Balaban J connectivity index is 0.000000146. The summed E-state index contributed by atoms with van der Waals surface area (Å²) in [5.41, 5.74) is 35.9. The van der Waals surface area contributed by atoms with Gasteiger partial charge >= 0.3 is 17.9 Å². The monoisotopic (exact) mass is 1580 g/mol. The van der Waals surface area contributed by atoms with Crippen LogP contribution >= 0.6 is 0 Å². The molecule has 120 heavy (non-hydrogen) atoms. The van der Waals surface area contributed by atoms with E-state index in [1.54, 1.807) is 79.9 Å². The molecule has 0 radical (unpaired) electrons. The van der Waals surface area contributed by atoms with Crippen LogP contribution in [0.25, 0.3) is 34.9 Å². The van der Waals surface area contributed by atoms with E-state index in [4.69, 9.17) is 20.1 Å². The van der Waals surface area contributed by atoms with Gasteiger partial charge in [-0.15, -0.1) is 0 Å². The molecule has 0 fully saturated rings. The van der Waals surface area contributed by atoms with Crippen LogP contribution in [0, 0.1) is 63.2 Å². The Morgan fingerprint density at radius 2 is 0.825 bits per heavy atom. The summed E-state index contributed by atoms with van der Waals surface area (Å²) < 4.78 is 5.41. The van der Waals surface area contributed by atoms with Gasteiger partial charge in [-0.2, -0.15) is 0 Å². The topological polar surface area (TPSA) is 202 Å². The minimum atomic E-state index is -0.939. The van der Waals surface area contributed by atoms with E-state index in [1.807, 2.05) is 68.4 Å². The molecule has 0 bridgehead atoms. The lowest BCUT2D eigenvalue weighted by atomic mass is 9.89. The Kier molecular flexibility index (Phi) is 28.9. The number of fused-ring (bicyclic) bond motifs is 4. The Bertz CT molecular complexity index is 6100. The molecule has 1 atom stereocenters. The molecular weight excluding hydrogens is 1490 g/mol. The summed E-state index contributed by atoms with van der Waals surface area (Å²) in [6, 6.07) is 78.5. The summed E-state index contributed by atoms with van der Waals surface area (Å²) in [7, 11) is 1.67. The van der Waals surface area contributed by atoms with Gasteiger partial charge in [0.05, 0.1) is 50.2 Å². The Hall–Kier alpha value is -13.7. The molecule has 0 aliphatic heterocycles. The number of aryl methyl sites for hydroxylation is 6. The maximum absolute atomic E-state index is 11.0. The molecule has 4 aliphatic carbocycles. The molecule has 0 spiro atoms. The average Bonchev–Trinajstić information content (AvgIpc) is 1.66. The third-order valence-electron chi connectivity index (χ3n) is 21.7. The molecule has 1 unspecified atom stereocenters. The molecule has 600 valence electrons. The normalized spacial score (nSPS) is 13.2. The van der Waals surface area contributed by atoms with E-state index in [0.717, 1.165) is 141 Å². The molecule has 12 aromatic rings. The maximum atomic E-state index is 11.0. The Morgan fingerprint density at radius 3 is 1.37 bits per heavy atom. The standard InChI is InChI=1S/C27H24O3.2C27H22O3.C27H26O2.CH4/c3*1-18-13-20(15-21(14-18)17-28)16-25-12-11-23-4-2-3-22(26(23)25)8-5-19-6-9-24(10-7-19)27(29)30;1-19-6-8-20(9-7-19)10-11-23-4-3-5-24-12-13-25(27(23)24)15-21-14-22(18-28)17-26(16-21)29-2;/h2-4,6-7,9-10,13-15,25,28H,11-12,16-17H2,1H3,(H,29,30);2-4,6-7,9-10,13-16,28H,11-12,17H2,1H3,(H,29,30);2-4,6-7,9-10,12-15,28H,11,16-17H2,1H3,(H,29,30);3-11,13-14,16-17,28H,12,15,18H2,1-2H3;1H4/b;25-16+;;11-10+;. The van der Waals surface area contributed by atoms with Crippen LogP contribution in [0.2, 0.25) is 0 Å². The number of aromatic carboxylic acids is 3. The van der Waals surface area contributed by atoms with E-state index in [9.17, 15) is 34.8 Å². The van der Waals surface area contributed by atoms with Gasteiger partial charge < -0.3 is 40.5 Å². The molecule has 12 aromatic carbocycles. The highest BCUT2D eigenvalue weighted by Gasteiger charge is 2.27. The molecule has 11 nitrogen and oxygen atoms in total. The fraction of sp³-hybridized carbons (Fsp3) is 0.183. The van der Waals surface area contributed by atoms with Crippen LogP contribution in [0.4, 0.5) is 0 Å². The van der Waals surface area contributed by atoms with Crippen LogP contribution in [0.3, 0.4) is 0 Å². The first-order valence-corrected chi connectivity index (χ1v) is 40.0. The smallest absolute Gasteiger partial charge is 0.335 e.